The molecular weight excluding hydrogens is 258 g/mol. The minimum absolute atomic E-state index is 0.0580. The average Bonchev–Trinajstić information content (AvgIpc) is 2.92. The Hall–Kier alpha value is -1.81. The summed E-state index contributed by atoms with van der Waals surface area (Å²) in [5.74, 6) is 0.737. The lowest BCUT2D eigenvalue weighted by atomic mass is 10.0. The van der Waals surface area contributed by atoms with Gasteiger partial charge in [0.05, 0.1) is 18.7 Å². The van der Waals surface area contributed by atoms with E-state index in [0.717, 1.165) is 16.9 Å². The number of aryl methyl sites for hydroxylation is 1. The van der Waals surface area contributed by atoms with Gasteiger partial charge < -0.3 is 10.1 Å². The van der Waals surface area contributed by atoms with Crippen molar-refractivity contribution in [3.8, 4) is 5.75 Å². The van der Waals surface area contributed by atoms with Crippen LogP contribution in [-0.2, 0) is 0 Å². The van der Waals surface area contributed by atoms with Crippen LogP contribution in [0, 0.1) is 6.92 Å². The van der Waals surface area contributed by atoms with Crippen molar-refractivity contribution in [2.75, 3.05) is 7.11 Å². The summed E-state index contributed by atoms with van der Waals surface area (Å²) in [6.07, 6.45) is 0. The van der Waals surface area contributed by atoms with Crippen LogP contribution in [0.25, 0.3) is 0 Å². The number of carbonyl (C=O) groups is 1. The summed E-state index contributed by atoms with van der Waals surface area (Å²) in [7, 11) is 1.64. The molecule has 2 aromatic rings. The molecule has 1 atom stereocenters. The molecule has 1 N–H and O–H groups in total. The summed E-state index contributed by atoms with van der Waals surface area (Å²) in [5, 5.41) is 6.73. The molecule has 0 aliphatic rings. The van der Waals surface area contributed by atoms with Gasteiger partial charge in [0.2, 0.25) is 0 Å². The van der Waals surface area contributed by atoms with Gasteiger partial charge in [0, 0.05) is 10.9 Å². The summed E-state index contributed by atoms with van der Waals surface area (Å²) in [4.78, 5) is 12.0. The maximum absolute atomic E-state index is 12.0. The second kappa shape index (κ2) is 5.89. The van der Waals surface area contributed by atoms with Crippen LogP contribution in [0.5, 0.6) is 5.75 Å². The van der Waals surface area contributed by atoms with Crippen LogP contribution in [0.2, 0.25) is 0 Å². The topological polar surface area (TPSA) is 38.3 Å². The minimum atomic E-state index is -0.0951. The molecule has 1 unspecified atom stereocenters. The number of carbonyl (C=O) groups excluding carboxylic acids is 1. The number of benzene rings is 1. The Balaban J connectivity index is 2.18. The normalized spacial score (nSPS) is 11.9. The first-order valence-corrected chi connectivity index (χ1v) is 7.03. The fourth-order valence-corrected chi connectivity index (χ4v) is 2.58. The molecule has 1 aromatic heterocycles. The van der Waals surface area contributed by atoms with Gasteiger partial charge >= 0.3 is 0 Å². The summed E-state index contributed by atoms with van der Waals surface area (Å²) in [6, 6.07) is 7.69. The smallest absolute Gasteiger partial charge is 0.252 e. The largest absolute Gasteiger partial charge is 0.496 e. The Morgan fingerprint density at radius 3 is 2.79 bits per heavy atom. The van der Waals surface area contributed by atoms with Crippen LogP contribution in [0.1, 0.15) is 34.5 Å². The van der Waals surface area contributed by atoms with Gasteiger partial charge in [-0.1, -0.05) is 17.7 Å². The van der Waals surface area contributed by atoms with Crippen molar-refractivity contribution in [1.29, 1.82) is 0 Å². The Morgan fingerprint density at radius 2 is 2.16 bits per heavy atom. The van der Waals surface area contributed by atoms with E-state index in [1.54, 1.807) is 7.11 Å². The molecule has 2 rings (SSSR count). The summed E-state index contributed by atoms with van der Waals surface area (Å²) >= 11 is 1.52. The Kier molecular flexibility index (Phi) is 4.22. The van der Waals surface area contributed by atoms with Gasteiger partial charge in [-0.3, -0.25) is 4.79 Å². The van der Waals surface area contributed by atoms with Crippen LogP contribution in [-0.4, -0.2) is 13.0 Å². The molecule has 4 heteroatoms. The zero-order chi connectivity index (χ0) is 13.8. The molecule has 1 heterocycles. The van der Waals surface area contributed by atoms with E-state index in [1.807, 2.05) is 48.9 Å². The number of rotatable bonds is 4. The van der Waals surface area contributed by atoms with Gasteiger partial charge in [0.15, 0.2) is 0 Å². The van der Waals surface area contributed by atoms with E-state index in [9.17, 15) is 4.79 Å². The molecule has 1 aromatic carbocycles. The number of ether oxygens (including phenoxy) is 1. The maximum Gasteiger partial charge on any atom is 0.252 e. The lowest BCUT2D eigenvalue weighted by molar-refractivity contribution is 0.0940. The Morgan fingerprint density at radius 1 is 1.37 bits per heavy atom. The maximum atomic E-state index is 12.0. The monoisotopic (exact) mass is 275 g/mol. The van der Waals surface area contributed by atoms with Crippen LogP contribution >= 0.6 is 11.3 Å². The number of hydrogen-bond donors (Lipinski definition) is 1. The lowest BCUT2D eigenvalue weighted by Crippen LogP contribution is -2.26. The third kappa shape index (κ3) is 3.15. The molecule has 0 radical (unpaired) electrons. The average molecular weight is 275 g/mol. The van der Waals surface area contributed by atoms with Gasteiger partial charge in [0.1, 0.15) is 5.75 Å². The zero-order valence-electron chi connectivity index (χ0n) is 11.3. The molecule has 19 heavy (non-hydrogen) atoms. The second-order valence-electron chi connectivity index (χ2n) is 4.45. The molecule has 0 spiro atoms. The van der Waals surface area contributed by atoms with E-state index in [0.29, 0.717) is 5.56 Å². The molecular formula is C15H17NO2S. The molecule has 0 aliphatic carbocycles. The highest BCUT2D eigenvalue weighted by Gasteiger charge is 2.15. The van der Waals surface area contributed by atoms with E-state index in [4.69, 9.17) is 4.74 Å². The third-order valence-electron chi connectivity index (χ3n) is 2.98. The molecule has 100 valence electrons. The molecule has 0 saturated carbocycles. The first-order chi connectivity index (χ1) is 9.11. The highest BCUT2D eigenvalue weighted by molar-refractivity contribution is 7.08. The zero-order valence-corrected chi connectivity index (χ0v) is 12.1. The van der Waals surface area contributed by atoms with Crippen molar-refractivity contribution < 1.29 is 9.53 Å². The van der Waals surface area contributed by atoms with Crippen molar-refractivity contribution >= 4 is 17.2 Å². The first kappa shape index (κ1) is 13.6. The molecule has 0 aliphatic heterocycles. The number of methoxy groups -OCH3 is 1. The Labute approximate surface area is 117 Å². The van der Waals surface area contributed by atoms with Crippen LogP contribution < -0.4 is 10.1 Å². The highest BCUT2D eigenvalue weighted by Crippen LogP contribution is 2.26. The van der Waals surface area contributed by atoms with Crippen LogP contribution in [0.3, 0.4) is 0 Å². The van der Waals surface area contributed by atoms with E-state index in [1.165, 1.54) is 11.3 Å². The predicted molar refractivity (Wildman–Crippen MR) is 77.9 cm³/mol. The van der Waals surface area contributed by atoms with Gasteiger partial charge in [-0.05, 0) is 31.4 Å². The van der Waals surface area contributed by atoms with Gasteiger partial charge in [-0.15, -0.1) is 0 Å². The van der Waals surface area contributed by atoms with Crippen LogP contribution in [0.15, 0.2) is 35.0 Å². The van der Waals surface area contributed by atoms with Gasteiger partial charge in [0.25, 0.3) is 5.91 Å². The van der Waals surface area contributed by atoms with E-state index >= 15 is 0 Å². The van der Waals surface area contributed by atoms with Gasteiger partial charge in [-0.2, -0.15) is 11.3 Å². The molecule has 1 amide bonds. The number of thiophene rings is 1. The van der Waals surface area contributed by atoms with Crippen molar-refractivity contribution in [2.45, 2.75) is 19.9 Å². The first-order valence-electron chi connectivity index (χ1n) is 6.09. The van der Waals surface area contributed by atoms with Crippen molar-refractivity contribution in [2.24, 2.45) is 0 Å². The SMILES string of the molecule is COc1ccc(C)cc1C(C)NC(=O)c1ccsc1. The van der Waals surface area contributed by atoms with Crippen molar-refractivity contribution in [3.05, 3.63) is 51.7 Å². The standard InChI is InChI=1S/C15H17NO2S/c1-10-4-5-14(18-3)13(8-10)11(2)16-15(17)12-6-7-19-9-12/h4-9,11H,1-3H3,(H,16,17). The summed E-state index contributed by atoms with van der Waals surface area (Å²) < 4.78 is 5.34. The predicted octanol–water partition coefficient (Wildman–Crippen LogP) is 3.56. The second-order valence-corrected chi connectivity index (χ2v) is 5.23. The van der Waals surface area contributed by atoms with E-state index in [2.05, 4.69) is 5.32 Å². The quantitative estimate of drug-likeness (QED) is 0.926. The molecule has 0 fully saturated rings. The minimum Gasteiger partial charge on any atom is -0.496 e. The van der Waals surface area contributed by atoms with Crippen molar-refractivity contribution in [3.63, 3.8) is 0 Å². The summed E-state index contributed by atoms with van der Waals surface area (Å²) in [5.41, 5.74) is 2.84. The van der Waals surface area contributed by atoms with Crippen LogP contribution in [0.4, 0.5) is 0 Å². The third-order valence-corrected chi connectivity index (χ3v) is 3.67. The summed E-state index contributed by atoms with van der Waals surface area (Å²) in [6.45, 7) is 3.98. The number of nitrogens with one attached hydrogen (secondary N) is 1. The fourth-order valence-electron chi connectivity index (χ4n) is 1.94. The number of amides is 1. The lowest BCUT2D eigenvalue weighted by Gasteiger charge is -2.17. The van der Waals surface area contributed by atoms with Gasteiger partial charge in [-0.25, -0.2) is 0 Å². The number of hydrogen-bond acceptors (Lipinski definition) is 3. The highest BCUT2D eigenvalue weighted by atomic mass is 32.1. The van der Waals surface area contributed by atoms with E-state index < -0.39 is 0 Å². The Bertz CT molecular complexity index is 564. The molecule has 0 saturated heterocycles. The fraction of sp³-hybridized carbons (Fsp3) is 0.267. The molecule has 3 nitrogen and oxygen atoms in total. The molecule has 0 bridgehead atoms. The van der Waals surface area contributed by atoms with Crippen molar-refractivity contribution in [1.82, 2.24) is 5.32 Å². The van der Waals surface area contributed by atoms with E-state index in [-0.39, 0.29) is 11.9 Å².